The van der Waals surface area contributed by atoms with Crippen LogP contribution in [0.5, 0.6) is 0 Å². The quantitative estimate of drug-likeness (QED) is 0.225. The summed E-state index contributed by atoms with van der Waals surface area (Å²) in [5.41, 5.74) is 0. The monoisotopic (exact) mass is 391 g/mol. The largest absolute Gasteiger partial charge is 0.365 e. The van der Waals surface area contributed by atoms with Crippen LogP contribution in [0.3, 0.4) is 0 Å². The molecule has 0 saturated carbocycles. The van der Waals surface area contributed by atoms with E-state index in [1.165, 1.54) is 70.6 Å². The minimum atomic E-state index is -0.367. The molecular formula is C23H37NO4. The molecule has 2 bridgehead atoms. The lowest BCUT2D eigenvalue weighted by Crippen LogP contribution is -2.34. The average Bonchev–Trinajstić information content (AvgIpc) is 3.37. The van der Waals surface area contributed by atoms with Gasteiger partial charge in [0.15, 0.2) is 0 Å². The zero-order valence-electron chi connectivity index (χ0n) is 17.4. The molecule has 0 aromatic carbocycles. The summed E-state index contributed by atoms with van der Waals surface area (Å²) in [6.45, 7) is 2.71. The Kier molecular flexibility index (Phi) is 8.53. The molecule has 2 amide bonds. The number of fused-ring (bicyclic) bond motifs is 5. The second-order valence-corrected chi connectivity index (χ2v) is 8.55. The van der Waals surface area contributed by atoms with Gasteiger partial charge in [0.25, 0.3) is 11.8 Å². The van der Waals surface area contributed by atoms with E-state index in [-0.39, 0.29) is 35.9 Å². The lowest BCUT2D eigenvalue weighted by molar-refractivity contribution is -0.192. The maximum Gasteiger partial charge on any atom is 0.260 e. The third-order valence-electron chi connectivity index (χ3n) is 6.34. The number of rotatable bonds is 15. The van der Waals surface area contributed by atoms with E-state index in [0.717, 1.165) is 17.9 Å². The minimum absolute atomic E-state index is 0.221. The summed E-state index contributed by atoms with van der Waals surface area (Å²) in [4.78, 5) is 30.4. The number of unbranched alkanes of at least 4 members (excludes halogenated alkanes) is 12. The first-order valence-electron chi connectivity index (χ1n) is 11.6. The van der Waals surface area contributed by atoms with Gasteiger partial charge in [0.05, 0.1) is 30.7 Å². The molecule has 3 aliphatic heterocycles. The van der Waals surface area contributed by atoms with Crippen molar-refractivity contribution in [3.63, 3.8) is 0 Å². The number of nitrogens with zero attached hydrogens (tertiary/aromatic N) is 1. The number of hydrogen-bond acceptors (Lipinski definition) is 4. The summed E-state index contributed by atoms with van der Waals surface area (Å²) in [7, 11) is 0. The topological polar surface area (TPSA) is 55.8 Å². The van der Waals surface area contributed by atoms with Gasteiger partial charge < -0.3 is 4.74 Å². The number of carbonyl (C=O) groups is 2. The second-order valence-electron chi connectivity index (χ2n) is 8.55. The van der Waals surface area contributed by atoms with E-state index < -0.39 is 0 Å². The van der Waals surface area contributed by atoms with E-state index in [0.29, 0.717) is 6.61 Å². The van der Waals surface area contributed by atoms with Crippen LogP contribution < -0.4 is 0 Å². The summed E-state index contributed by atoms with van der Waals surface area (Å²) < 4.78 is 5.62. The van der Waals surface area contributed by atoms with Crippen LogP contribution in [0.2, 0.25) is 0 Å². The molecule has 158 valence electrons. The molecule has 5 heteroatoms. The zero-order valence-corrected chi connectivity index (χ0v) is 17.4. The number of hydroxylamine groups is 2. The standard InChI is InChI=1S/C23H37NO4/c1-2-3-4-5-6-7-8-9-10-11-12-13-14-17-27-24-22(25)20-18-15-16-19(28-18)21(20)23(24)26/h15-16,18-21H,2-14,17H2,1H3/t18-,19-,20-,21+/m0/s1. The maximum atomic E-state index is 12.4. The molecular weight excluding hydrogens is 354 g/mol. The van der Waals surface area contributed by atoms with Gasteiger partial charge in [-0.3, -0.25) is 14.4 Å². The Labute approximate surface area is 169 Å². The van der Waals surface area contributed by atoms with Gasteiger partial charge in [-0.2, -0.15) is 5.06 Å². The molecule has 2 fully saturated rings. The van der Waals surface area contributed by atoms with Crippen LogP contribution in [0, 0.1) is 11.8 Å². The Hall–Kier alpha value is -1.20. The summed E-state index contributed by atoms with van der Waals surface area (Å²) in [5, 5.41) is 1.02. The van der Waals surface area contributed by atoms with E-state index in [1.54, 1.807) is 0 Å². The first kappa shape index (κ1) is 21.5. The third-order valence-corrected chi connectivity index (χ3v) is 6.34. The van der Waals surface area contributed by atoms with E-state index >= 15 is 0 Å². The number of carbonyl (C=O) groups excluding carboxylic acids is 2. The highest BCUT2D eigenvalue weighted by Gasteiger charge is 2.61. The lowest BCUT2D eigenvalue weighted by Gasteiger charge is -2.16. The van der Waals surface area contributed by atoms with Gasteiger partial charge in [-0.15, -0.1) is 0 Å². The van der Waals surface area contributed by atoms with Crippen molar-refractivity contribution in [3.05, 3.63) is 12.2 Å². The highest BCUT2D eigenvalue weighted by Crippen LogP contribution is 2.45. The SMILES string of the molecule is CCCCCCCCCCCCCCCON1C(=O)[C@@H]2[C@H](C1=O)[C@@H]1C=C[C@@H]2O1. The molecule has 5 nitrogen and oxygen atoms in total. The Morgan fingerprint density at radius 2 is 1.18 bits per heavy atom. The summed E-state index contributed by atoms with van der Waals surface area (Å²) >= 11 is 0. The van der Waals surface area contributed by atoms with E-state index in [9.17, 15) is 9.59 Å². The van der Waals surface area contributed by atoms with Crippen LogP contribution in [0.1, 0.15) is 90.4 Å². The van der Waals surface area contributed by atoms with Crippen molar-refractivity contribution in [2.75, 3.05) is 6.61 Å². The number of imide groups is 1. The molecule has 0 radical (unpaired) electrons. The maximum absolute atomic E-state index is 12.4. The van der Waals surface area contributed by atoms with Crippen molar-refractivity contribution in [1.29, 1.82) is 0 Å². The first-order valence-corrected chi connectivity index (χ1v) is 11.6. The Morgan fingerprint density at radius 1 is 0.750 bits per heavy atom. The molecule has 2 saturated heterocycles. The van der Waals surface area contributed by atoms with Crippen molar-refractivity contribution in [2.24, 2.45) is 11.8 Å². The Morgan fingerprint density at radius 3 is 1.64 bits per heavy atom. The van der Waals surface area contributed by atoms with Crippen molar-refractivity contribution < 1.29 is 19.2 Å². The van der Waals surface area contributed by atoms with Gasteiger partial charge in [0, 0.05) is 0 Å². The van der Waals surface area contributed by atoms with Crippen molar-refractivity contribution in [1.82, 2.24) is 5.06 Å². The molecule has 0 aliphatic carbocycles. The molecule has 3 rings (SSSR count). The van der Waals surface area contributed by atoms with Gasteiger partial charge >= 0.3 is 0 Å². The van der Waals surface area contributed by atoms with Crippen LogP contribution in [0.15, 0.2) is 12.2 Å². The fraction of sp³-hybridized carbons (Fsp3) is 0.826. The molecule has 3 heterocycles. The molecule has 0 unspecified atom stereocenters. The fourth-order valence-electron chi connectivity index (χ4n) is 4.68. The molecule has 0 spiro atoms. The van der Waals surface area contributed by atoms with Gasteiger partial charge in [0.1, 0.15) is 0 Å². The number of hydrogen-bond donors (Lipinski definition) is 0. The average molecular weight is 392 g/mol. The van der Waals surface area contributed by atoms with E-state index in [2.05, 4.69) is 6.92 Å². The smallest absolute Gasteiger partial charge is 0.260 e. The Bertz CT molecular complexity index is 517. The van der Waals surface area contributed by atoms with Crippen LogP contribution in [-0.2, 0) is 19.2 Å². The summed E-state index contributed by atoms with van der Waals surface area (Å²) in [5.74, 6) is -1.17. The van der Waals surface area contributed by atoms with Gasteiger partial charge in [-0.25, -0.2) is 0 Å². The van der Waals surface area contributed by atoms with Crippen LogP contribution in [0.4, 0.5) is 0 Å². The van der Waals surface area contributed by atoms with Crippen LogP contribution >= 0.6 is 0 Å². The number of ether oxygens (including phenoxy) is 1. The van der Waals surface area contributed by atoms with E-state index in [4.69, 9.17) is 9.57 Å². The second kappa shape index (κ2) is 11.1. The molecule has 0 N–H and O–H groups in total. The summed E-state index contributed by atoms with van der Waals surface area (Å²) in [6, 6.07) is 0. The Balaban J connectivity index is 1.15. The molecule has 4 atom stereocenters. The van der Waals surface area contributed by atoms with Gasteiger partial charge in [0.2, 0.25) is 0 Å². The fourth-order valence-corrected chi connectivity index (χ4v) is 4.68. The molecule has 0 aromatic heterocycles. The van der Waals surface area contributed by atoms with Crippen molar-refractivity contribution in [2.45, 2.75) is 103 Å². The van der Waals surface area contributed by atoms with Crippen LogP contribution in [-0.4, -0.2) is 35.7 Å². The number of amides is 2. The normalized spacial score (nSPS) is 28.0. The predicted octanol–water partition coefficient (Wildman–Crippen LogP) is 4.95. The van der Waals surface area contributed by atoms with E-state index in [1.807, 2.05) is 12.2 Å². The third kappa shape index (κ3) is 5.24. The zero-order chi connectivity index (χ0) is 19.8. The minimum Gasteiger partial charge on any atom is -0.365 e. The highest BCUT2D eigenvalue weighted by molar-refractivity contribution is 6.05. The van der Waals surface area contributed by atoms with Gasteiger partial charge in [-0.1, -0.05) is 96.1 Å². The molecule has 0 aromatic rings. The highest BCUT2D eigenvalue weighted by atomic mass is 16.7. The molecule has 3 aliphatic rings. The van der Waals surface area contributed by atoms with Crippen LogP contribution in [0.25, 0.3) is 0 Å². The van der Waals surface area contributed by atoms with Crippen molar-refractivity contribution >= 4 is 11.8 Å². The van der Waals surface area contributed by atoms with Gasteiger partial charge in [-0.05, 0) is 6.42 Å². The molecule has 28 heavy (non-hydrogen) atoms. The van der Waals surface area contributed by atoms with Crippen molar-refractivity contribution in [3.8, 4) is 0 Å². The lowest BCUT2D eigenvalue weighted by atomic mass is 9.85. The predicted molar refractivity (Wildman–Crippen MR) is 108 cm³/mol. The first-order chi connectivity index (χ1) is 13.7. The summed E-state index contributed by atoms with van der Waals surface area (Å²) in [6.07, 6.45) is 20.1.